The van der Waals surface area contributed by atoms with E-state index in [0.29, 0.717) is 19.3 Å². The maximum atomic E-state index is 10.9. The summed E-state index contributed by atoms with van der Waals surface area (Å²) in [5.41, 5.74) is 0.214. The molecule has 0 unspecified atom stereocenters. The maximum Gasteiger partial charge on any atom is 0.161 e. The van der Waals surface area contributed by atoms with Crippen molar-refractivity contribution in [2.45, 2.75) is 38.3 Å². The monoisotopic (exact) mass is 277 g/mol. The first-order chi connectivity index (χ1) is 9.58. The molecule has 0 aromatic heterocycles. The number of rotatable bonds is 2. The van der Waals surface area contributed by atoms with E-state index >= 15 is 0 Å². The number of hydrogen-bond donors (Lipinski definition) is 1. The third-order valence-electron chi connectivity index (χ3n) is 4.44. The Morgan fingerprint density at radius 3 is 2.40 bits per heavy atom. The number of hydrogen-bond acceptors (Lipinski definition) is 4. The number of benzene rings is 1. The van der Waals surface area contributed by atoms with Crippen molar-refractivity contribution in [3.8, 4) is 11.5 Å². The van der Waals surface area contributed by atoms with Crippen molar-refractivity contribution in [3.63, 3.8) is 0 Å². The fraction of sp³-hybridized carbons (Fsp3) is 0.625. The van der Waals surface area contributed by atoms with Gasteiger partial charge in [-0.05, 0) is 44.4 Å². The van der Waals surface area contributed by atoms with Crippen LogP contribution < -0.4 is 9.47 Å². The standard InChI is InChI=1S/C16H23NO3/c1-12(2)17-7-5-16(18,6-8-17)13-3-4-14-15(11-13)20-10-9-19-14/h3-4,11-12,18H,5-10H2,1-2H3. The quantitative estimate of drug-likeness (QED) is 0.899. The second-order valence-electron chi connectivity index (χ2n) is 6.02. The highest BCUT2D eigenvalue weighted by atomic mass is 16.6. The van der Waals surface area contributed by atoms with E-state index in [4.69, 9.17) is 9.47 Å². The van der Waals surface area contributed by atoms with Gasteiger partial charge in [0, 0.05) is 19.1 Å². The van der Waals surface area contributed by atoms with Crippen molar-refractivity contribution in [2.24, 2.45) is 0 Å². The largest absolute Gasteiger partial charge is 0.486 e. The lowest BCUT2D eigenvalue weighted by Crippen LogP contribution is -2.45. The van der Waals surface area contributed by atoms with Crippen LogP contribution in [-0.2, 0) is 5.60 Å². The Kier molecular flexibility index (Phi) is 3.61. The minimum absolute atomic E-state index is 0.541. The molecule has 110 valence electrons. The molecule has 2 aliphatic heterocycles. The Hall–Kier alpha value is -1.26. The Bertz CT molecular complexity index is 479. The molecule has 4 nitrogen and oxygen atoms in total. The summed E-state index contributed by atoms with van der Waals surface area (Å²) in [7, 11) is 0. The van der Waals surface area contributed by atoms with Gasteiger partial charge in [-0.2, -0.15) is 0 Å². The zero-order chi connectivity index (χ0) is 14.2. The molecule has 1 N–H and O–H groups in total. The summed E-state index contributed by atoms with van der Waals surface area (Å²) < 4.78 is 11.1. The zero-order valence-corrected chi connectivity index (χ0v) is 12.3. The van der Waals surface area contributed by atoms with Crippen LogP contribution in [0.3, 0.4) is 0 Å². The van der Waals surface area contributed by atoms with E-state index in [1.165, 1.54) is 0 Å². The molecule has 20 heavy (non-hydrogen) atoms. The summed E-state index contributed by atoms with van der Waals surface area (Å²) >= 11 is 0. The first kappa shape index (κ1) is 13.7. The van der Waals surface area contributed by atoms with Crippen LogP contribution in [0.2, 0.25) is 0 Å². The second-order valence-corrected chi connectivity index (χ2v) is 6.02. The molecule has 0 atom stereocenters. The van der Waals surface area contributed by atoms with Gasteiger partial charge in [0.25, 0.3) is 0 Å². The van der Waals surface area contributed by atoms with E-state index in [0.717, 1.165) is 43.0 Å². The molecule has 0 amide bonds. The topological polar surface area (TPSA) is 41.9 Å². The molecule has 1 aromatic carbocycles. The average Bonchev–Trinajstić information content (AvgIpc) is 2.47. The highest BCUT2D eigenvalue weighted by Crippen LogP contribution is 2.39. The van der Waals surface area contributed by atoms with Gasteiger partial charge in [0.05, 0.1) is 5.60 Å². The Morgan fingerprint density at radius 1 is 1.10 bits per heavy atom. The van der Waals surface area contributed by atoms with Crippen molar-refractivity contribution < 1.29 is 14.6 Å². The molecule has 0 spiro atoms. The Morgan fingerprint density at radius 2 is 1.75 bits per heavy atom. The van der Waals surface area contributed by atoms with Crippen molar-refractivity contribution in [1.82, 2.24) is 4.90 Å². The first-order valence-corrected chi connectivity index (χ1v) is 7.45. The van der Waals surface area contributed by atoms with Crippen LogP contribution in [0.4, 0.5) is 0 Å². The van der Waals surface area contributed by atoms with Crippen LogP contribution in [0.5, 0.6) is 11.5 Å². The normalized spacial score (nSPS) is 22.0. The van der Waals surface area contributed by atoms with Crippen LogP contribution in [0.25, 0.3) is 0 Å². The number of ether oxygens (including phenoxy) is 2. The van der Waals surface area contributed by atoms with Gasteiger partial charge >= 0.3 is 0 Å². The summed E-state index contributed by atoms with van der Waals surface area (Å²) in [4.78, 5) is 2.41. The number of aliphatic hydroxyl groups is 1. The van der Waals surface area contributed by atoms with Crippen LogP contribution in [0.1, 0.15) is 32.3 Å². The van der Waals surface area contributed by atoms with Gasteiger partial charge in [-0.1, -0.05) is 6.07 Å². The summed E-state index contributed by atoms with van der Waals surface area (Å²) in [5.74, 6) is 1.54. The van der Waals surface area contributed by atoms with Gasteiger partial charge in [0.2, 0.25) is 0 Å². The molecule has 2 heterocycles. The number of piperidine rings is 1. The van der Waals surface area contributed by atoms with Crippen LogP contribution in [-0.4, -0.2) is 42.4 Å². The van der Waals surface area contributed by atoms with E-state index in [1.807, 2.05) is 18.2 Å². The lowest BCUT2D eigenvalue weighted by atomic mass is 9.84. The lowest BCUT2D eigenvalue weighted by molar-refractivity contribution is -0.0326. The summed E-state index contributed by atoms with van der Waals surface area (Å²) in [6, 6.07) is 6.37. The van der Waals surface area contributed by atoms with E-state index in [9.17, 15) is 5.11 Å². The van der Waals surface area contributed by atoms with Crippen LogP contribution in [0.15, 0.2) is 18.2 Å². The second kappa shape index (κ2) is 5.26. The van der Waals surface area contributed by atoms with Gasteiger partial charge in [0.1, 0.15) is 13.2 Å². The maximum absolute atomic E-state index is 10.9. The SMILES string of the molecule is CC(C)N1CCC(O)(c2ccc3c(c2)OCCO3)CC1. The zero-order valence-electron chi connectivity index (χ0n) is 12.3. The Labute approximate surface area is 120 Å². The molecule has 2 aliphatic rings. The lowest BCUT2D eigenvalue weighted by Gasteiger charge is -2.40. The fourth-order valence-corrected chi connectivity index (χ4v) is 3.03. The van der Waals surface area contributed by atoms with Crippen molar-refractivity contribution in [1.29, 1.82) is 0 Å². The van der Waals surface area contributed by atoms with Gasteiger partial charge in [-0.25, -0.2) is 0 Å². The molecule has 0 saturated carbocycles. The van der Waals surface area contributed by atoms with Crippen molar-refractivity contribution >= 4 is 0 Å². The van der Waals surface area contributed by atoms with Gasteiger partial charge < -0.3 is 19.5 Å². The van der Waals surface area contributed by atoms with Crippen molar-refractivity contribution in [3.05, 3.63) is 23.8 Å². The molecular weight excluding hydrogens is 254 g/mol. The van der Waals surface area contributed by atoms with E-state index in [1.54, 1.807) is 0 Å². The average molecular weight is 277 g/mol. The molecule has 0 bridgehead atoms. The van der Waals surface area contributed by atoms with Crippen molar-refractivity contribution in [2.75, 3.05) is 26.3 Å². The smallest absolute Gasteiger partial charge is 0.161 e. The van der Waals surface area contributed by atoms with E-state index in [-0.39, 0.29) is 0 Å². The van der Waals surface area contributed by atoms with Gasteiger partial charge in [-0.3, -0.25) is 0 Å². The first-order valence-electron chi connectivity index (χ1n) is 7.45. The fourth-order valence-electron chi connectivity index (χ4n) is 3.03. The number of fused-ring (bicyclic) bond motifs is 1. The molecular formula is C16H23NO3. The minimum Gasteiger partial charge on any atom is -0.486 e. The molecule has 1 fully saturated rings. The number of nitrogens with zero attached hydrogens (tertiary/aromatic N) is 1. The highest BCUT2D eigenvalue weighted by molar-refractivity contribution is 5.45. The predicted octanol–water partition coefficient (Wildman–Crippen LogP) is 2.15. The third kappa shape index (κ3) is 2.50. The molecule has 0 aliphatic carbocycles. The molecule has 3 rings (SSSR count). The molecule has 1 saturated heterocycles. The van der Waals surface area contributed by atoms with Gasteiger partial charge in [0.15, 0.2) is 11.5 Å². The minimum atomic E-state index is -0.735. The predicted molar refractivity (Wildman–Crippen MR) is 77.3 cm³/mol. The summed E-state index contributed by atoms with van der Waals surface area (Å²) in [5, 5.41) is 10.9. The third-order valence-corrected chi connectivity index (χ3v) is 4.44. The van der Waals surface area contributed by atoms with Crippen LogP contribution >= 0.6 is 0 Å². The molecule has 1 aromatic rings. The highest BCUT2D eigenvalue weighted by Gasteiger charge is 2.35. The molecule has 0 radical (unpaired) electrons. The molecule has 4 heteroatoms. The van der Waals surface area contributed by atoms with Crippen LogP contribution in [0, 0.1) is 0 Å². The van der Waals surface area contributed by atoms with E-state index < -0.39 is 5.60 Å². The summed E-state index contributed by atoms with van der Waals surface area (Å²) in [6.45, 7) is 7.45. The summed E-state index contributed by atoms with van der Waals surface area (Å²) in [6.07, 6.45) is 1.54. The van der Waals surface area contributed by atoms with E-state index in [2.05, 4.69) is 18.7 Å². The Balaban J connectivity index is 1.79. The van der Waals surface area contributed by atoms with Gasteiger partial charge in [-0.15, -0.1) is 0 Å². The number of likely N-dealkylation sites (tertiary alicyclic amines) is 1.